The predicted octanol–water partition coefficient (Wildman–Crippen LogP) is 2.90. The van der Waals surface area contributed by atoms with Crippen molar-refractivity contribution in [1.82, 2.24) is 14.9 Å². The van der Waals surface area contributed by atoms with Crippen LogP contribution in [0.3, 0.4) is 0 Å². The molecule has 5 nitrogen and oxygen atoms in total. The van der Waals surface area contributed by atoms with E-state index in [9.17, 15) is 0 Å². The summed E-state index contributed by atoms with van der Waals surface area (Å²) in [5.74, 6) is 1.09. The van der Waals surface area contributed by atoms with Gasteiger partial charge in [0.1, 0.15) is 6.07 Å². The van der Waals surface area contributed by atoms with Crippen LogP contribution in [0, 0.1) is 17.2 Å². The summed E-state index contributed by atoms with van der Waals surface area (Å²) in [6.45, 7) is 1.94. The second-order valence-electron chi connectivity index (χ2n) is 5.59. The first-order valence-electron chi connectivity index (χ1n) is 7.48. The molecule has 1 fully saturated rings. The Morgan fingerprint density at radius 1 is 1.45 bits per heavy atom. The molecule has 1 N–H and O–H groups in total. The molecule has 0 unspecified atom stereocenters. The largest absolute Gasteiger partial charge is 0.367 e. The van der Waals surface area contributed by atoms with Gasteiger partial charge < -0.3 is 5.32 Å². The molecule has 0 aliphatic carbocycles. The minimum atomic E-state index is 0.360. The summed E-state index contributed by atoms with van der Waals surface area (Å²) in [4.78, 5) is 12.1. The molecule has 2 atom stereocenters. The molecule has 1 saturated heterocycles. The number of nitriles is 1. The van der Waals surface area contributed by atoms with Crippen LogP contribution in [0.1, 0.15) is 29.5 Å². The highest BCUT2D eigenvalue weighted by Crippen LogP contribution is 2.37. The van der Waals surface area contributed by atoms with Gasteiger partial charge in [-0.1, -0.05) is 6.07 Å². The maximum absolute atomic E-state index is 9.10. The Morgan fingerprint density at radius 3 is 3.09 bits per heavy atom. The van der Waals surface area contributed by atoms with Gasteiger partial charge in [0.05, 0.1) is 0 Å². The highest BCUT2D eigenvalue weighted by atomic mass is 32.1. The van der Waals surface area contributed by atoms with Crippen LogP contribution < -0.4 is 5.32 Å². The minimum Gasteiger partial charge on any atom is -0.367 e. The third kappa shape index (κ3) is 3.11. The molecule has 2 aromatic rings. The Hall–Kier alpha value is -1.97. The number of nitrogens with one attached hydrogen (secondary N) is 1. The van der Waals surface area contributed by atoms with Crippen molar-refractivity contribution >= 4 is 17.2 Å². The monoisotopic (exact) mass is 313 g/mol. The highest BCUT2D eigenvalue weighted by Gasteiger charge is 2.31. The van der Waals surface area contributed by atoms with E-state index in [0.29, 0.717) is 23.5 Å². The van der Waals surface area contributed by atoms with Crippen LogP contribution in [0.15, 0.2) is 29.9 Å². The number of anilines is 1. The molecule has 0 saturated carbocycles. The Bertz CT molecular complexity index is 649. The number of nitrogens with zero attached hydrogens (tertiary/aromatic N) is 4. The molecule has 0 aromatic carbocycles. The molecule has 6 heteroatoms. The van der Waals surface area contributed by atoms with E-state index >= 15 is 0 Å². The molecule has 3 rings (SSSR count). The Kier molecular flexibility index (Phi) is 4.66. The summed E-state index contributed by atoms with van der Waals surface area (Å²) in [5, 5.41) is 14.6. The summed E-state index contributed by atoms with van der Waals surface area (Å²) in [6, 6.07) is 6.85. The number of aromatic nitrogens is 2. The summed E-state index contributed by atoms with van der Waals surface area (Å²) < 4.78 is 0. The van der Waals surface area contributed by atoms with Crippen molar-refractivity contribution < 1.29 is 0 Å². The predicted molar refractivity (Wildman–Crippen MR) is 87.7 cm³/mol. The van der Waals surface area contributed by atoms with Crippen molar-refractivity contribution in [3.63, 3.8) is 0 Å². The summed E-state index contributed by atoms with van der Waals surface area (Å²) in [5.41, 5.74) is 0.360. The molecule has 0 amide bonds. The fraction of sp³-hybridized carbons (Fsp3) is 0.438. The van der Waals surface area contributed by atoms with E-state index in [-0.39, 0.29) is 0 Å². The van der Waals surface area contributed by atoms with Crippen molar-refractivity contribution in [2.75, 3.05) is 25.5 Å². The van der Waals surface area contributed by atoms with E-state index in [1.807, 2.05) is 11.3 Å². The van der Waals surface area contributed by atoms with Crippen LogP contribution in [0.5, 0.6) is 0 Å². The molecule has 114 valence electrons. The summed E-state index contributed by atoms with van der Waals surface area (Å²) >= 11 is 1.82. The molecule has 3 heterocycles. The van der Waals surface area contributed by atoms with Gasteiger partial charge in [0.15, 0.2) is 11.5 Å². The molecule has 1 aliphatic rings. The van der Waals surface area contributed by atoms with Gasteiger partial charge in [-0.2, -0.15) is 5.26 Å². The topological polar surface area (TPSA) is 64.8 Å². The van der Waals surface area contributed by atoms with Gasteiger partial charge in [-0.05, 0) is 43.8 Å². The van der Waals surface area contributed by atoms with Gasteiger partial charge in [-0.25, -0.2) is 9.97 Å². The molecule has 2 aromatic heterocycles. The fourth-order valence-corrected chi connectivity index (χ4v) is 4.14. The maximum atomic E-state index is 9.10. The van der Waals surface area contributed by atoms with Crippen LogP contribution in [0.4, 0.5) is 5.82 Å². The van der Waals surface area contributed by atoms with E-state index in [1.165, 1.54) is 17.7 Å². The van der Waals surface area contributed by atoms with Gasteiger partial charge >= 0.3 is 0 Å². The van der Waals surface area contributed by atoms with Gasteiger partial charge in [0, 0.05) is 29.9 Å². The Morgan fingerprint density at radius 2 is 2.32 bits per heavy atom. The van der Waals surface area contributed by atoms with E-state index in [2.05, 4.69) is 50.8 Å². The number of piperidine rings is 1. The first kappa shape index (κ1) is 14.9. The van der Waals surface area contributed by atoms with Crippen LogP contribution in [0.25, 0.3) is 0 Å². The Balaban J connectivity index is 1.74. The van der Waals surface area contributed by atoms with Gasteiger partial charge in [-0.15, -0.1) is 11.3 Å². The summed E-state index contributed by atoms with van der Waals surface area (Å²) in [6.07, 6.45) is 5.55. The number of thiophene rings is 1. The zero-order valence-corrected chi connectivity index (χ0v) is 13.4. The third-order valence-corrected chi connectivity index (χ3v) is 5.12. The average Bonchev–Trinajstić information content (AvgIpc) is 3.07. The number of rotatable bonds is 4. The van der Waals surface area contributed by atoms with Gasteiger partial charge in [0.25, 0.3) is 0 Å². The number of likely N-dealkylation sites (tertiary alicyclic amines) is 1. The fourth-order valence-electron chi connectivity index (χ4n) is 3.16. The lowest BCUT2D eigenvalue weighted by Gasteiger charge is -2.39. The number of hydrogen-bond acceptors (Lipinski definition) is 6. The molecule has 22 heavy (non-hydrogen) atoms. The molecule has 1 aliphatic heterocycles. The van der Waals surface area contributed by atoms with E-state index in [4.69, 9.17) is 5.26 Å². The lowest BCUT2D eigenvalue weighted by Crippen LogP contribution is -2.38. The second kappa shape index (κ2) is 6.86. The molecule has 0 bridgehead atoms. The van der Waals surface area contributed by atoms with Crippen molar-refractivity contribution in [3.8, 4) is 6.07 Å². The van der Waals surface area contributed by atoms with E-state index in [1.54, 1.807) is 12.4 Å². The standard InChI is InChI=1S/C16H19N5S/c1-21-8-2-4-12(15(21)14-5-3-9-22-14)11-20-16-13(10-17)18-6-7-19-16/h3,5-7,9,12,15H,2,4,8,11H2,1H3,(H,19,20)/t12-,15-/m1/s1. The lowest BCUT2D eigenvalue weighted by atomic mass is 9.88. The van der Waals surface area contributed by atoms with Gasteiger partial charge in [0.2, 0.25) is 0 Å². The van der Waals surface area contributed by atoms with Crippen LogP contribution >= 0.6 is 11.3 Å². The normalized spacial score (nSPS) is 22.2. The van der Waals surface area contributed by atoms with Crippen LogP contribution in [-0.2, 0) is 0 Å². The zero-order chi connectivity index (χ0) is 15.4. The average molecular weight is 313 g/mol. The van der Waals surface area contributed by atoms with Crippen molar-refractivity contribution in [3.05, 3.63) is 40.5 Å². The highest BCUT2D eigenvalue weighted by molar-refractivity contribution is 7.10. The van der Waals surface area contributed by atoms with Crippen LogP contribution in [0.2, 0.25) is 0 Å². The first-order valence-corrected chi connectivity index (χ1v) is 8.36. The quantitative estimate of drug-likeness (QED) is 0.940. The number of hydrogen-bond donors (Lipinski definition) is 1. The molecular formula is C16H19N5S. The third-order valence-electron chi connectivity index (χ3n) is 4.18. The summed E-state index contributed by atoms with van der Waals surface area (Å²) in [7, 11) is 2.19. The maximum Gasteiger partial charge on any atom is 0.182 e. The van der Waals surface area contributed by atoms with Crippen molar-refractivity contribution in [1.29, 1.82) is 5.26 Å². The van der Waals surface area contributed by atoms with E-state index in [0.717, 1.165) is 13.1 Å². The lowest BCUT2D eigenvalue weighted by molar-refractivity contribution is 0.130. The first-order chi connectivity index (χ1) is 10.8. The molecule has 0 radical (unpaired) electrons. The minimum absolute atomic E-state index is 0.360. The second-order valence-corrected chi connectivity index (χ2v) is 6.57. The SMILES string of the molecule is CN1CCC[C@H](CNc2nccnc2C#N)[C@@H]1c1cccs1. The van der Waals surface area contributed by atoms with Crippen molar-refractivity contribution in [2.24, 2.45) is 5.92 Å². The van der Waals surface area contributed by atoms with Crippen LogP contribution in [-0.4, -0.2) is 35.0 Å². The van der Waals surface area contributed by atoms with Gasteiger partial charge in [-0.3, -0.25) is 4.90 Å². The molecule has 0 spiro atoms. The smallest absolute Gasteiger partial charge is 0.182 e. The van der Waals surface area contributed by atoms with E-state index < -0.39 is 0 Å². The Labute approximate surface area is 134 Å². The molecular weight excluding hydrogens is 294 g/mol. The van der Waals surface area contributed by atoms with Crippen molar-refractivity contribution in [2.45, 2.75) is 18.9 Å². The zero-order valence-electron chi connectivity index (χ0n) is 12.6.